The van der Waals surface area contributed by atoms with Crippen LogP contribution in [0.1, 0.15) is 29.8 Å². The molecule has 1 aromatic rings. The molecule has 0 spiro atoms. The van der Waals surface area contributed by atoms with E-state index >= 15 is 0 Å². The second-order valence-corrected chi connectivity index (χ2v) is 6.05. The predicted octanol–water partition coefficient (Wildman–Crippen LogP) is 3.09. The van der Waals surface area contributed by atoms with Crippen molar-refractivity contribution >= 4 is 17.5 Å². The Hall–Kier alpha value is -1.06. The monoisotopic (exact) mass is 296 g/mol. The van der Waals surface area contributed by atoms with Gasteiger partial charge in [-0.2, -0.15) is 0 Å². The van der Waals surface area contributed by atoms with E-state index < -0.39 is 0 Å². The number of nitrogens with zero attached hydrogens (tertiary/aromatic N) is 2. The number of benzene rings is 1. The van der Waals surface area contributed by atoms with E-state index in [-0.39, 0.29) is 5.91 Å². The zero-order valence-corrected chi connectivity index (χ0v) is 13.7. The maximum Gasteiger partial charge on any atom is 0.253 e. The number of alkyl halides is 1. The SMILES string of the molecule is CC(C)CN(CCN(C)C)C(=O)c1cccc(CCl)c1. The highest BCUT2D eigenvalue weighted by atomic mass is 35.5. The molecule has 0 radical (unpaired) electrons. The molecule has 0 saturated heterocycles. The predicted molar refractivity (Wildman–Crippen MR) is 85.3 cm³/mol. The van der Waals surface area contributed by atoms with E-state index in [1.807, 2.05) is 43.3 Å². The smallest absolute Gasteiger partial charge is 0.253 e. The number of carbonyl (C=O) groups excluding carboxylic acids is 1. The Labute approximate surface area is 127 Å². The quantitative estimate of drug-likeness (QED) is 0.722. The zero-order chi connectivity index (χ0) is 15.1. The lowest BCUT2D eigenvalue weighted by Gasteiger charge is -2.26. The lowest BCUT2D eigenvalue weighted by molar-refractivity contribution is 0.0724. The van der Waals surface area contributed by atoms with Crippen LogP contribution < -0.4 is 0 Å². The minimum atomic E-state index is 0.0903. The third-order valence-electron chi connectivity index (χ3n) is 3.02. The van der Waals surface area contributed by atoms with Crippen molar-refractivity contribution in [1.82, 2.24) is 9.80 Å². The fourth-order valence-corrected chi connectivity index (χ4v) is 2.17. The molecule has 0 bridgehead atoms. The van der Waals surface area contributed by atoms with Crippen LogP contribution >= 0.6 is 11.6 Å². The van der Waals surface area contributed by atoms with Gasteiger partial charge in [-0.05, 0) is 37.7 Å². The first-order valence-electron chi connectivity index (χ1n) is 7.03. The van der Waals surface area contributed by atoms with Gasteiger partial charge in [0, 0.05) is 31.1 Å². The van der Waals surface area contributed by atoms with Crippen LogP contribution in [-0.4, -0.2) is 49.4 Å². The molecule has 3 nitrogen and oxygen atoms in total. The average Bonchev–Trinajstić information content (AvgIpc) is 2.42. The van der Waals surface area contributed by atoms with Crippen LogP contribution in [-0.2, 0) is 5.88 Å². The Bertz CT molecular complexity index is 432. The van der Waals surface area contributed by atoms with E-state index in [4.69, 9.17) is 11.6 Å². The van der Waals surface area contributed by atoms with Crippen molar-refractivity contribution < 1.29 is 4.79 Å². The summed E-state index contributed by atoms with van der Waals surface area (Å²) < 4.78 is 0. The first-order chi connectivity index (χ1) is 9.43. The highest BCUT2D eigenvalue weighted by molar-refractivity contribution is 6.17. The fraction of sp³-hybridized carbons (Fsp3) is 0.562. The van der Waals surface area contributed by atoms with Crippen LogP contribution in [0.15, 0.2) is 24.3 Å². The molecule has 0 atom stereocenters. The highest BCUT2D eigenvalue weighted by Crippen LogP contribution is 2.12. The van der Waals surface area contributed by atoms with Gasteiger partial charge in [0.15, 0.2) is 0 Å². The summed E-state index contributed by atoms with van der Waals surface area (Å²) in [5.74, 6) is 0.980. The van der Waals surface area contributed by atoms with Crippen LogP contribution in [0.3, 0.4) is 0 Å². The molecule has 0 aliphatic heterocycles. The van der Waals surface area contributed by atoms with Crippen molar-refractivity contribution in [3.8, 4) is 0 Å². The third-order valence-corrected chi connectivity index (χ3v) is 3.33. The van der Waals surface area contributed by atoms with E-state index in [1.54, 1.807) is 0 Å². The Morgan fingerprint density at radius 2 is 1.95 bits per heavy atom. The summed E-state index contributed by atoms with van der Waals surface area (Å²) in [5, 5.41) is 0. The summed E-state index contributed by atoms with van der Waals surface area (Å²) in [7, 11) is 4.04. The van der Waals surface area contributed by atoms with E-state index in [0.717, 1.165) is 30.8 Å². The summed E-state index contributed by atoms with van der Waals surface area (Å²) in [4.78, 5) is 16.6. The first kappa shape index (κ1) is 17.0. The molecule has 0 fully saturated rings. The standard InChI is InChI=1S/C16H25ClN2O/c1-13(2)12-19(9-8-18(3)4)16(20)15-7-5-6-14(10-15)11-17/h5-7,10,13H,8-9,11-12H2,1-4H3. The molecule has 4 heteroatoms. The number of likely N-dealkylation sites (N-methyl/N-ethyl adjacent to an activating group) is 1. The number of amides is 1. The van der Waals surface area contributed by atoms with Gasteiger partial charge in [-0.3, -0.25) is 4.79 Å². The second-order valence-electron chi connectivity index (χ2n) is 5.78. The van der Waals surface area contributed by atoms with Crippen LogP contribution in [0.4, 0.5) is 0 Å². The van der Waals surface area contributed by atoms with Crippen LogP contribution in [0.25, 0.3) is 0 Å². The van der Waals surface area contributed by atoms with Crippen molar-refractivity contribution in [1.29, 1.82) is 0 Å². The third kappa shape index (κ3) is 5.51. The van der Waals surface area contributed by atoms with Gasteiger partial charge >= 0.3 is 0 Å². The fourth-order valence-electron chi connectivity index (χ4n) is 2.01. The summed E-state index contributed by atoms with van der Waals surface area (Å²) in [5.41, 5.74) is 1.71. The van der Waals surface area contributed by atoms with Gasteiger partial charge < -0.3 is 9.80 Å². The largest absolute Gasteiger partial charge is 0.337 e. The number of halogens is 1. The molecule has 0 aliphatic rings. The van der Waals surface area contributed by atoms with Crippen molar-refractivity contribution in [2.45, 2.75) is 19.7 Å². The molecule has 1 amide bonds. The molecule has 0 aliphatic carbocycles. The maximum atomic E-state index is 12.6. The second kappa shape index (κ2) is 8.28. The van der Waals surface area contributed by atoms with Gasteiger partial charge in [0.25, 0.3) is 5.91 Å². The van der Waals surface area contributed by atoms with E-state index in [9.17, 15) is 4.79 Å². The molecule has 1 aromatic carbocycles. The van der Waals surface area contributed by atoms with Gasteiger partial charge in [-0.1, -0.05) is 26.0 Å². The Morgan fingerprint density at radius 3 is 2.50 bits per heavy atom. The summed E-state index contributed by atoms with van der Waals surface area (Å²) in [6.45, 7) is 6.65. The molecular formula is C16H25ClN2O. The number of hydrogen-bond acceptors (Lipinski definition) is 2. The van der Waals surface area contributed by atoms with Gasteiger partial charge in [-0.15, -0.1) is 11.6 Å². The summed E-state index contributed by atoms with van der Waals surface area (Å²) in [6, 6.07) is 7.58. The molecular weight excluding hydrogens is 272 g/mol. The Balaban J connectivity index is 2.84. The van der Waals surface area contributed by atoms with Crippen LogP contribution in [0.2, 0.25) is 0 Å². The van der Waals surface area contributed by atoms with E-state index in [1.165, 1.54) is 0 Å². The number of hydrogen-bond donors (Lipinski definition) is 0. The minimum absolute atomic E-state index is 0.0903. The topological polar surface area (TPSA) is 23.6 Å². The lowest BCUT2D eigenvalue weighted by Crippen LogP contribution is -2.39. The molecule has 1 rings (SSSR count). The highest BCUT2D eigenvalue weighted by Gasteiger charge is 2.17. The van der Waals surface area contributed by atoms with Gasteiger partial charge in [0.1, 0.15) is 0 Å². The molecule has 0 aromatic heterocycles. The van der Waals surface area contributed by atoms with Gasteiger partial charge in [0.2, 0.25) is 0 Å². The number of rotatable bonds is 7. The van der Waals surface area contributed by atoms with Crippen molar-refractivity contribution in [3.63, 3.8) is 0 Å². The molecule has 0 heterocycles. The van der Waals surface area contributed by atoms with Crippen molar-refractivity contribution in [3.05, 3.63) is 35.4 Å². The van der Waals surface area contributed by atoms with Crippen molar-refractivity contribution in [2.75, 3.05) is 33.7 Å². The van der Waals surface area contributed by atoms with E-state index in [2.05, 4.69) is 18.7 Å². The van der Waals surface area contributed by atoms with Gasteiger partial charge in [-0.25, -0.2) is 0 Å². The first-order valence-corrected chi connectivity index (χ1v) is 7.56. The lowest BCUT2D eigenvalue weighted by atomic mass is 10.1. The number of carbonyl (C=O) groups is 1. The molecule has 0 saturated carbocycles. The molecule has 112 valence electrons. The Kier molecular flexibility index (Phi) is 7.03. The minimum Gasteiger partial charge on any atom is -0.337 e. The van der Waals surface area contributed by atoms with E-state index in [0.29, 0.717) is 11.8 Å². The van der Waals surface area contributed by atoms with Gasteiger partial charge in [0.05, 0.1) is 0 Å². The Morgan fingerprint density at radius 1 is 1.25 bits per heavy atom. The molecule has 0 N–H and O–H groups in total. The normalized spacial score (nSPS) is 11.2. The summed E-state index contributed by atoms with van der Waals surface area (Å²) in [6.07, 6.45) is 0. The summed E-state index contributed by atoms with van der Waals surface area (Å²) >= 11 is 5.84. The zero-order valence-electron chi connectivity index (χ0n) is 12.9. The molecule has 0 unspecified atom stereocenters. The molecule has 20 heavy (non-hydrogen) atoms. The van der Waals surface area contributed by atoms with Crippen LogP contribution in [0.5, 0.6) is 0 Å². The maximum absolute atomic E-state index is 12.6. The average molecular weight is 297 g/mol. The van der Waals surface area contributed by atoms with Crippen molar-refractivity contribution in [2.24, 2.45) is 5.92 Å². The van der Waals surface area contributed by atoms with Crippen LogP contribution in [0, 0.1) is 5.92 Å².